The number of ketones is 2. The second-order valence-corrected chi connectivity index (χ2v) is 8.07. The number of Topliss-reactive ketones (excluding diaryl/α,β-unsaturated/α-hetero) is 2. The molecule has 1 atom stereocenters. The number of hydrogen-bond acceptors (Lipinski definition) is 5. The van der Waals surface area contributed by atoms with Crippen LogP contribution in [-0.4, -0.2) is 47.2 Å². The summed E-state index contributed by atoms with van der Waals surface area (Å²) in [5.74, 6) is 0.861. The molecule has 0 radical (unpaired) electrons. The number of ether oxygens (including phenoxy) is 1. The van der Waals surface area contributed by atoms with Gasteiger partial charge >= 0.3 is 0 Å². The molecule has 0 bridgehead atoms. The average Bonchev–Trinajstić information content (AvgIpc) is 3.29. The minimum absolute atomic E-state index is 0.0355. The lowest BCUT2D eigenvalue weighted by Crippen LogP contribution is -2.39. The van der Waals surface area contributed by atoms with Crippen LogP contribution in [0.25, 0.3) is 11.3 Å². The van der Waals surface area contributed by atoms with Crippen LogP contribution in [0.15, 0.2) is 42.7 Å². The maximum Gasteiger partial charge on any atom is 0.208 e. The molecule has 1 unspecified atom stereocenters. The number of aryl methyl sites for hydroxylation is 1. The van der Waals surface area contributed by atoms with Gasteiger partial charge in [0.2, 0.25) is 5.78 Å². The Labute approximate surface area is 170 Å². The molecule has 1 aromatic carbocycles. The number of likely N-dealkylation sites (tertiary alicyclic amines) is 1. The number of carbonyl (C=O) groups is 2. The highest BCUT2D eigenvalue weighted by atomic mass is 16.5. The lowest BCUT2D eigenvalue weighted by molar-refractivity contribution is -0.120. The summed E-state index contributed by atoms with van der Waals surface area (Å²) in [6.07, 6.45) is 7.85. The molecule has 1 saturated heterocycles. The Morgan fingerprint density at radius 3 is 2.55 bits per heavy atom. The zero-order chi connectivity index (χ0) is 19.8. The number of hydrogen-bond donors (Lipinski definition) is 0. The minimum atomic E-state index is -0.485. The minimum Gasteiger partial charge on any atom is -0.479 e. The van der Waals surface area contributed by atoms with E-state index in [0.717, 1.165) is 41.8 Å². The second kappa shape index (κ2) is 7.56. The van der Waals surface area contributed by atoms with E-state index in [2.05, 4.69) is 9.88 Å². The summed E-state index contributed by atoms with van der Waals surface area (Å²) < 4.78 is 6.30. The van der Waals surface area contributed by atoms with Gasteiger partial charge in [0.1, 0.15) is 5.76 Å². The first-order valence-corrected chi connectivity index (χ1v) is 10.4. The van der Waals surface area contributed by atoms with E-state index in [1.165, 1.54) is 19.3 Å². The summed E-state index contributed by atoms with van der Waals surface area (Å²) >= 11 is 0. The van der Waals surface area contributed by atoms with E-state index < -0.39 is 6.10 Å². The first-order valence-electron chi connectivity index (χ1n) is 10.4. The van der Waals surface area contributed by atoms with Crippen molar-refractivity contribution in [3.05, 3.63) is 65.0 Å². The standard InChI is InChI=1S/C24H24N2O3/c27-20-7-5-17-14-18(4-6-19(17)20)24-22(16-8-10-25-11-9-16)23(28)21(29-24)15-26-12-2-1-3-13-26/h4,6,8-11,14,21H,1-3,5,7,12-13,15H2. The van der Waals surface area contributed by atoms with Crippen molar-refractivity contribution in [2.24, 2.45) is 0 Å². The van der Waals surface area contributed by atoms with Crippen molar-refractivity contribution in [2.45, 2.75) is 38.2 Å². The van der Waals surface area contributed by atoms with Crippen LogP contribution in [0.5, 0.6) is 0 Å². The molecule has 0 N–H and O–H groups in total. The Bertz CT molecular complexity index is 990. The molecule has 29 heavy (non-hydrogen) atoms. The molecule has 3 aliphatic rings. The van der Waals surface area contributed by atoms with Gasteiger partial charge in [-0.05, 0) is 61.7 Å². The largest absolute Gasteiger partial charge is 0.479 e. The van der Waals surface area contributed by atoms with E-state index in [9.17, 15) is 9.59 Å². The third-order valence-corrected chi connectivity index (χ3v) is 6.16. The SMILES string of the molecule is O=C1CCc2cc(C3=C(c4ccncc4)C(=O)C(CN4CCCCC4)O3)ccc21. The van der Waals surface area contributed by atoms with Gasteiger partial charge in [0, 0.05) is 36.5 Å². The first kappa shape index (κ1) is 18.3. The van der Waals surface area contributed by atoms with Gasteiger partial charge in [0.05, 0.1) is 5.57 Å². The number of aromatic nitrogens is 1. The van der Waals surface area contributed by atoms with Gasteiger partial charge < -0.3 is 4.74 Å². The lowest BCUT2D eigenvalue weighted by atomic mass is 9.96. The second-order valence-electron chi connectivity index (χ2n) is 8.07. The molecule has 0 spiro atoms. The van der Waals surface area contributed by atoms with Crippen molar-refractivity contribution in [1.82, 2.24) is 9.88 Å². The molecule has 5 heteroatoms. The number of nitrogens with zero attached hydrogens (tertiary/aromatic N) is 2. The van der Waals surface area contributed by atoms with Gasteiger partial charge in [-0.3, -0.25) is 19.5 Å². The highest BCUT2D eigenvalue weighted by molar-refractivity contribution is 6.31. The zero-order valence-electron chi connectivity index (χ0n) is 16.4. The molecule has 5 rings (SSSR count). The molecule has 1 aliphatic carbocycles. The quantitative estimate of drug-likeness (QED) is 0.802. The van der Waals surface area contributed by atoms with Crippen LogP contribution >= 0.6 is 0 Å². The molecule has 0 amide bonds. The number of rotatable bonds is 4. The van der Waals surface area contributed by atoms with Gasteiger partial charge in [-0.2, -0.15) is 0 Å². The lowest BCUT2D eigenvalue weighted by Gasteiger charge is -2.28. The molecule has 5 nitrogen and oxygen atoms in total. The van der Waals surface area contributed by atoms with Crippen molar-refractivity contribution in [2.75, 3.05) is 19.6 Å². The van der Waals surface area contributed by atoms with Crippen molar-refractivity contribution < 1.29 is 14.3 Å². The van der Waals surface area contributed by atoms with E-state index in [4.69, 9.17) is 4.74 Å². The van der Waals surface area contributed by atoms with Crippen LogP contribution in [0.1, 0.15) is 52.7 Å². The van der Waals surface area contributed by atoms with Gasteiger partial charge in [-0.15, -0.1) is 0 Å². The number of fused-ring (bicyclic) bond motifs is 1. The number of pyridine rings is 1. The Morgan fingerprint density at radius 1 is 0.966 bits per heavy atom. The topological polar surface area (TPSA) is 59.5 Å². The van der Waals surface area contributed by atoms with Gasteiger partial charge in [-0.25, -0.2) is 0 Å². The highest BCUT2D eigenvalue weighted by Crippen LogP contribution is 2.38. The van der Waals surface area contributed by atoms with Gasteiger partial charge in [0.25, 0.3) is 0 Å². The Morgan fingerprint density at radius 2 is 1.76 bits per heavy atom. The maximum absolute atomic E-state index is 13.4. The number of piperidine rings is 1. The molecule has 1 fully saturated rings. The molecular weight excluding hydrogens is 364 g/mol. The fraction of sp³-hybridized carbons (Fsp3) is 0.375. The van der Waals surface area contributed by atoms with Crippen LogP contribution in [0.4, 0.5) is 0 Å². The third kappa shape index (κ3) is 3.40. The van der Waals surface area contributed by atoms with E-state index in [1.807, 2.05) is 30.3 Å². The molecule has 3 heterocycles. The van der Waals surface area contributed by atoms with Crippen LogP contribution < -0.4 is 0 Å². The summed E-state index contributed by atoms with van der Waals surface area (Å²) in [4.78, 5) is 31.8. The maximum atomic E-state index is 13.4. The normalized spacial score (nSPS) is 22.1. The van der Waals surface area contributed by atoms with Gasteiger partial charge in [-0.1, -0.05) is 18.6 Å². The number of carbonyl (C=O) groups excluding carboxylic acids is 2. The predicted molar refractivity (Wildman–Crippen MR) is 110 cm³/mol. The predicted octanol–water partition coefficient (Wildman–Crippen LogP) is 3.53. The van der Waals surface area contributed by atoms with Crippen LogP contribution in [0.3, 0.4) is 0 Å². The summed E-state index contributed by atoms with van der Waals surface area (Å²) in [6.45, 7) is 2.67. The summed E-state index contributed by atoms with van der Waals surface area (Å²) in [6, 6.07) is 9.53. The van der Waals surface area contributed by atoms with Gasteiger partial charge in [0.15, 0.2) is 11.9 Å². The first-order chi connectivity index (χ1) is 14.2. The molecule has 2 aromatic rings. The van der Waals surface area contributed by atoms with E-state index >= 15 is 0 Å². The van der Waals surface area contributed by atoms with E-state index in [-0.39, 0.29) is 11.6 Å². The zero-order valence-corrected chi connectivity index (χ0v) is 16.4. The molecule has 1 aromatic heterocycles. The monoisotopic (exact) mass is 388 g/mol. The fourth-order valence-electron chi connectivity index (χ4n) is 4.63. The van der Waals surface area contributed by atoms with Crippen LogP contribution in [-0.2, 0) is 16.0 Å². The number of benzene rings is 1. The van der Waals surface area contributed by atoms with Crippen molar-refractivity contribution in [3.8, 4) is 0 Å². The third-order valence-electron chi connectivity index (χ3n) is 6.16. The smallest absolute Gasteiger partial charge is 0.208 e. The molecular formula is C24H24N2O3. The highest BCUT2D eigenvalue weighted by Gasteiger charge is 2.38. The fourth-order valence-corrected chi connectivity index (χ4v) is 4.63. The summed E-state index contributed by atoms with van der Waals surface area (Å²) in [7, 11) is 0. The Balaban J connectivity index is 1.51. The summed E-state index contributed by atoms with van der Waals surface area (Å²) in [5.41, 5.74) is 4.18. The van der Waals surface area contributed by atoms with E-state index in [0.29, 0.717) is 24.3 Å². The Hall–Kier alpha value is -2.79. The van der Waals surface area contributed by atoms with E-state index in [1.54, 1.807) is 12.4 Å². The summed E-state index contributed by atoms with van der Waals surface area (Å²) in [5, 5.41) is 0. The molecule has 0 saturated carbocycles. The van der Waals surface area contributed by atoms with Crippen molar-refractivity contribution >= 4 is 22.9 Å². The van der Waals surface area contributed by atoms with Crippen molar-refractivity contribution in [3.63, 3.8) is 0 Å². The van der Waals surface area contributed by atoms with Crippen molar-refractivity contribution in [1.29, 1.82) is 0 Å². The average molecular weight is 388 g/mol. The molecule has 2 aliphatic heterocycles. The Kier molecular flexibility index (Phi) is 4.76. The van der Waals surface area contributed by atoms with Crippen LogP contribution in [0.2, 0.25) is 0 Å². The molecule has 148 valence electrons. The van der Waals surface area contributed by atoms with Crippen LogP contribution in [0, 0.1) is 0 Å².